The van der Waals surface area contributed by atoms with E-state index in [-0.39, 0.29) is 15.1 Å². The third-order valence-electron chi connectivity index (χ3n) is 2.68. The van der Waals surface area contributed by atoms with Crippen molar-refractivity contribution < 1.29 is 9.47 Å². The number of rotatable bonds is 5. The third-order valence-corrected chi connectivity index (χ3v) is 4.41. The van der Waals surface area contributed by atoms with Crippen LogP contribution in [0.4, 0.5) is 0 Å². The summed E-state index contributed by atoms with van der Waals surface area (Å²) in [5.74, 6) is 0. The van der Waals surface area contributed by atoms with Crippen LogP contribution in [0.2, 0.25) is 0 Å². The van der Waals surface area contributed by atoms with E-state index in [2.05, 4.69) is 20.4 Å². The van der Waals surface area contributed by atoms with Crippen LogP contribution in [0, 0.1) is 0 Å². The lowest BCUT2D eigenvalue weighted by Gasteiger charge is -2.25. The quantitative estimate of drug-likeness (QED) is 0.511. The van der Waals surface area contributed by atoms with E-state index in [1.54, 1.807) is 0 Å². The van der Waals surface area contributed by atoms with Crippen molar-refractivity contribution in [3.63, 3.8) is 0 Å². The lowest BCUT2D eigenvalue weighted by molar-refractivity contribution is 0.0359. The van der Waals surface area contributed by atoms with E-state index in [1.165, 1.54) is 19.3 Å². The topological polar surface area (TPSA) is 18.5 Å². The van der Waals surface area contributed by atoms with Crippen molar-refractivity contribution in [3.8, 4) is 0 Å². The molecule has 1 rings (SSSR count). The highest BCUT2D eigenvalue weighted by Crippen LogP contribution is 2.13. The molecule has 1 saturated heterocycles. The molecule has 0 amide bonds. The third kappa shape index (κ3) is 4.40. The zero-order chi connectivity index (χ0) is 10.4. The Bertz CT molecular complexity index is 174. The summed E-state index contributed by atoms with van der Waals surface area (Å²) >= 11 is 0. The largest absolute Gasteiger partial charge is 0.382 e. The van der Waals surface area contributed by atoms with Gasteiger partial charge in [0.1, 0.15) is 0 Å². The van der Waals surface area contributed by atoms with Crippen LogP contribution in [-0.4, -0.2) is 33.7 Å². The second-order valence-corrected chi connectivity index (χ2v) is 6.33. The maximum absolute atomic E-state index is 5.75. The average Bonchev–Trinajstić information content (AvgIpc) is 2.19. The molecule has 0 spiro atoms. The summed E-state index contributed by atoms with van der Waals surface area (Å²) in [5, 5.41) is 0. The van der Waals surface area contributed by atoms with Crippen molar-refractivity contribution in [1.29, 1.82) is 0 Å². The molecule has 0 radical (unpaired) electrons. The predicted molar refractivity (Wildman–Crippen MR) is 62.4 cm³/mol. The second-order valence-electron chi connectivity index (χ2n) is 4.43. The highest BCUT2D eigenvalue weighted by Gasteiger charge is 2.17. The van der Waals surface area contributed by atoms with Crippen LogP contribution in [0.1, 0.15) is 33.1 Å². The minimum atomic E-state index is -0.216. The van der Waals surface area contributed by atoms with Gasteiger partial charge in [-0.2, -0.15) is 0 Å². The van der Waals surface area contributed by atoms with Crippen LogP contribution in [0.15, 0.2) is 12.7 Å². The average molecular weight is 214 g/mol. The fourth-order valence-corrected chi connectivity index (χ4v) is 3.36. The van der Waals surface area contributed by atoms with Crippen LogP contribution >= 0.6 is 0 Å². The maximum Gasteiger partial charge on any atom is 0.0861 e. The van der Waals surface area contributed by atoms with Crippen LogP contribution in [0.25, 0.3) is 0 Å². The molecule has 1 atom stereocenters. The molecule has 1 unspecified atom stereocenters. The summed E-state index contributed by atoms with van der Waals surface area (Å²) < 4.78 is 11.4. The van der Waals surface area contributed by atoms with E-state index in [4.69, 9.17) is 9.47 Å². The van der Waals surface area contributed by atoms with Gasteiger partial charge in [-0.15, -0.1) is 6.58 Å². The van der Waals surface area contributed by atoms with Crippen molar-refractivity contribution in [2.75, 3.05) is 12.8 Å². The summed E-state index contributed by atoms with van der Waals surface area (Å²) in [5.41, 5.74) is 0.395. The van der Waals surface area contributed by atoms with Gasteiger partial charge in [-0.05, 0) is 33.1 Å². The minimum absolute atomic E-state index is 0.165. The van der Waals surface area contributed by atoms with Crippen LogP contribution in [0.3, 0.4) is 0 Å². The van der Waals surface area contributed by atoms with Gasteiger partial charge in [0.15, 0.2) is 0 Å². The van der Waals surface area contributed by atoms with E-state index in [0.29, 0.717) is 5.73 Å². The van der Waals surface area contributed by atoms with E-state index >= 15 is 0 Å². The first kappa shape index (κ1) is 11.9. The first-order valence-corrected chi connectivity index (χ1v) is 7.35. The monoisotopic (exact) mass is 214 g/mol. The first-order valence-electron chi connectivity index (χ1n) is 5.53. The van der Waals surface area contributed by atoms with E-state index in [0.717, 1.165) is 12.8 Å². The molecule has 1 heterocycles. The van der Waals surface area contributed by atoms with Crippen molar-refractivity contribution >= 4 is 9.52 Å². The first-order chi connectivity index (χ1) is 6.64. The zero-order valence-electron chi connectivity index (χ0n) is 9.42. The van der Waals surface area contributed by atoms with E-state index in [9.17, 15) is 0 Å². The summed E-state index contributed by atoms with van der Waals surface area (Å²) in [7, 11) is -0.216. The second kappa shape index (κ2) is 5.68. The zero-order valence-corrected chi connectivity index (χ0v) is 10.8. The van der Waals surface area contributed by atoms with E-state index in [1.807, 2.05) is 6.08 Å². The molecule has 0 aliphatic carbocycles. The molecule has 0 aromatic heterocycles. The van der Waals surface area contributed by atoms with Crippen LogP contribution in [0.5, 0.6) is 0 Å². The molecule has 1 aliphatic rings. The van der Waals surface area contributed by atoms with Gasteiger partial charge >= 0.3 is 0 Å². The molecule has 0 aromatic rings. The maximum atomic E-state index is 5.75. The Morgan fingerprint density at radius 2 is 2.36 bits per heavy atom. The Morgan fingerprint density at radius 3 is 2.93 bits per heavy atom. The Balaban J connectivity index is 2.11. The smallest absolute Gasteiger partial charge is 0.0861 e. The van der Waals surface area contributed by atoms with E-state index < -0.39 is 0 Å². The summed E-state index contributed by atoms with van der Waals surface area (Å²) in [6, 6.07) is 0. The van der Waals surface area contributed by atoms with Crippen molar-refractivity contribution in [2.24, 2.45) is 0 Å². The highest BCUT2D eigenvalue weighted by atomic mass is 28.2. The lowest BCUT2D eigenvalue weighted by atomic mass is 10.1. The standard InChI is InChI=1S/C11H22O2Si/c1-4-11(2,3)13-9-14-10-7-5-6-8-12-10/h4,10H,1,5-9,14H2,2-3H3. The SMILES string of the molecule is C=CC(C)(C)OC[SiH2]C1CCCCO1. The number of hydrogen-bond acceptors (Lipinski definition) is 2. The van der Waals surface area contributed by atoms with Crippen molar-refractivity contribution in [3.05, 3.63) is 12.7 Å². The fraction of sp³-hybridized carbons (Fsp3) is 0.818. The van der Waals surface area contributed by atoms with Gasteiger partial charge in [0.05, 0.1) is 15.1 Å². The molecule has 0 aromatic carbocycles. The molecule has 0 N–H and O–H groups in total. The Hall–Kier alpha value is -0.123. The van der Waals surface area contributed by atoms with Gasteiger partial charge in [0, 0.05) is 18.6 Å². The molecule has 82 valence electrons. The molecule has 1 fully saturated rings. The predicted octanol–water partition coefficient (Wildman–Crippen LogP) is 1.62. The molecular weight excluding hydrogens is 192 g/mol. The van der Waals surface area contributed by atoms with Crippen molar-refractivity contribution in [1.82, 2.24) is 0 Å². The normalized spacial score (nSPS) is 24.3. The molecule has 0 saturated carbocycles. The van der Waals surface area contributed by atoms with Gasteiger partial charge in [-0.3, -0.25) is 0 Å². The molecule has 14 heavy (non-hydrogen) atoms. The Labute approximate surface area is 89.5 Å². The van der Waals surface area contributed by atoms with Gasteiger partial charge in [0.2, 0.25) is 0 Å². The van der Waals surface area contributed by atoms with Gasteiger partial charge in [-0.1, -0.05) is 6.08 Å². The van der Waals surface area contributed by atoms with Gasteiger partial charge in [0.25, 0.3) is 0 Å². The Morgan fingerprint density at radius 1 is 1.57 bits per heavy atom. The van der Waals surface area contributed by atoms with Gasteiger partial charge in [-0.25, -0.2) is 0 Å². The molecular formula is C11H22O2Si. The molecule has 2 nitrogen and oxygen atoms in total. The summed E-state index contributed by atoms with van der Waals surface area (Å²) in [6.45, 7) is 8.82. The van der Waals surface area contributed by atoms with Crippen molar-refractivity contribution in [2.45, 2.75) is 44.4 Å². The van der Waals surface area contributed by atoms with Crippen LogP contribution < -0.4 is 0 Å². The minimum Gasteiger partial charge on any atom is -0.382 e. The number of hydrogen-bond donors (Lipinski definition) is 0. The fourth-order valence-electron chi connectivity index (χ4n) is 1.55. The summed E-state index contributed by atoms with van der Waals surface area (Å²) in [6.07, 6.45) is 6.60. The number of ether oxygens (including phenoxy) is 2. The summed E-state index contributed by atoms with van der Waals surface area (Å²) in [4.78, 5) is 0. The molecule has 0 bridgehead atoms. The molecule has 3 heteroatoms. The van der Waals surface area contributed by atoms with Gasteiger partial charge < -0.3 is 9.47 Å². The highest BCUT2D eigenvalue weighted by molar-refractivity contribution is 6.37. The Kier molecular flexibility index (Phi) is 4.85. The molecule has 1 aliphatic heterocycles. The van der Waals surface area contributed by atoms with Crippen LogP contribution in [-0.2, 0) is 9.47 Å². The lowest BCUT2D eigenvalue weighted by Crippen LogP contribution is -2.32.